The number of anilines is 1. The van der Waals surface area contributed by atoms with Gasteiger partial charge < -0.3 is 14.7 Å². The monoisotopic (exact) mass is 403 g/mol. The first-order valence-corrected chi connectivity index (χ1v) is 8.99. The highest BCUT2D eigenvalue weighted by atomic mass is 32.1. The van der Waals surface area contributed by atoms with Crippen LogP contribution in [0.25, 0.3) is 0 Å². The molecule has 0 aliphatic carbocycles. The molecule has 148 valence electrons. The fraction of sp³-hybridized carbons (Fsp3) is 0.263. The van der Waals surface area contributed by atoms with Gasteiger partial charge in [-0.3, -0.25) is 20.2 Å². The number of nitrogens with one attached hydrogen (secondary N) is 1. The van der Waals surface area contributed by atoms with E-state index in [9.17, 15) is 14.9 Å². The van der Waals surface area contributed by atoms with Gasteiger partial charge in [-0.25, -0.2) is 0 Å². The zero-order chi connectivity index (χ0) is 20.5. The number of methoxy groups -OCH3 is 1. The summed E-state index contributed by atoms with van der Waals surface area (Å²) in [5.74, 6) is 0.0984. The third kappa shape index (κ3) is 5.73. The maximum atomic E-state index is 12.5. The summed E-state index contributed by atoms with van der Waals surface area (Å²) in [5, 5.41) is 22.7. The number of benzene rings is 2. The van der Waals surface area contributed by atoms with Crippen molar-refractivity contribution in [1.29, 1.82) is 0 Å². The molecule has 0 spiro atoms. The number of ether oxygens (including phenoxy) is 1. The maximum absolute atomic E-state index is 12.5. The highest BCUT2D eigenvalue weighted by molar-refractivity contribution is 7.80. The number of hydrogen-bond donors (Lipinski definition) is 2. The van der Waals surface area contributed by atoms with Crippen molar-refractivity contribution in [2.45, 2.75) is 12.8 Å². The summed E-state index contributed by atoms with van der Waals surface area (Å²) in [7, 11) is 1.55. The second-order valence-electron chi connectivity index (χ2n) is 5.85. The molecule has 2 rings (SSSR count). The predicted molar refractivity (Wildman–Crippen MR) is 110 cm³/mol. The fourth-order valence-corrected chi connectivity index (χ4v) is 2.79. The number of aliphatic hydroxyl groups excluding tert-OH is 1. The molecule has 0 radical (unpaired) electrons. The number of thiocarbonyl (C=S) groups is 1. The third-order valence-electron chi connectivity index (χ3n) is 3.94. The van der Waals surface area contributed by atoms with Crippen molar-refractivity contribution >= 4 is 34.6 Å². The van der Waals surface area contributed by atoms with E-state index < -0.39 is 10.8 Å². The van der Waals surface area contributed by atoms with Crippen LogP contribution in [-0.4, -0.2) is 41.3 Å². The smallest absolute Gasteiger partial charge is 0.270 e. The van der Waals surface area contributed by atoms with Crippen LogP contribution in [0.15, 0.2) is 48.5 Å². The predicted octanol–water partition coefficient (Wildman–Crippen LogP) is 2.90. The molecule has 2 N–H and O–H groups in total. The van der Waals surface area contributed by atoms with E-state index in [1.54, 1.807) is 30.2 Å². The highest BCUT2D eigenvalue weighted by Gasteiger charge is 2.17. The van der Waals surface area contributed by atoms with Gasteiger partial charge in [-0.1, -0.05) is 12.1 Å². The zero-order valence-corrected chi connectivity index (χ0v) is 16.1. The van der Waals surface area contributed by atoms with Crippen LogP contribution < -0.4 is 15.0 Å². The van der Waals surface area contributed by atoms with Crippen LogP contribution in [0.5, 0.6) is 5.75 Å². The number of hydrogen-bond acceptors (Lipinski definition) is 6. The molecule has 0 unspecified atom stereocenters. The lowest BCUT2D eigenvalue weighted by Crippen LogP contribution is -2.43. The highest BCUT2D eigenvalue weighted by Crippen LogP contribution is 2.22. The first-order valence-electron chi connectivity index (χ1n) is 8.58. The number of nitro benzene ring substituents is 1. The number of nitrogens with zero attached hydrogens (tertiary/aromatic N) is 2. The normalized spacial score (nSPS) is 10.2. The number of aliphatic hydroxyl groups is 1. The van der Waals surface area contributed by atoms with Crippen LogP contribution in [0.1, 0.15) is 23.2 Å². The largest absolute Gasteiger partial charge is 0.497 e. The minimum atomic E-state index is -0.563. The molecule has 9 heteroatoms. The molecule has 0 bridgehead atoms. The van der Waals surface area contributed by atoms with Gasteiger partial charge in [0.25, 0.3) is 11.6 Å². The van der Waals surface area contributed by atoms with Crippen LogP contribution >= 0.6 is 12.2 Å². The molecule has 0 saturated heterocycles. The molecule has 0 atom stereocenters. The zero-order valence-electron chi connectivity index (χ0n) is 15.3. The molecule has 8 nitrogen and oxygen atoms in total. The van der Waals surface area contributed by atoms with E-state index in [-0.39, 0.29) is 23.0 Å². The second kappa shape index (κ2) is 10.3. The lowest BCUT2D eigenvalue weighted by molar-refractivity contribution is -0.384. The topological polar surface area (TPSA) is 105 Å². The van der Waals surface area contributed by atoms with Crippen LogP contribution in [0, 0.1) is 10.1 Å². The fourth-order valence-electron chi connectivity index (χ4n) is 2.51. The van der Waals surface area contributed by atoms with Gasteiger partial charge in [-0.15, -0.1) is 0 Å². The number of amides is 1. The van der Waals surface area contributed by atoms with Crippen molar-refractivity contribution in [2.24, 2.45) is 0 Å². The maximum Gasteiger partial charge on any atom is 0.270 e. The average molecular weight is 403 g/mol. The van der Waals surface area contributed by atoms with Crippen LogP contribution in [0.3, 0.4) is 0 Å². The molecule has 1 amide bonds. The third-order valence-corrected chi connectivity index (χ3v) is 4.26. The van der Waals surface area contributed by atoms with Gasteiger partial charge in [0.1, 0.15) is 5.75 Å². The number of carbonyl (C=O) groups excluding carboxylic acids is 1. The summed E-state index contributed by atoms with van der Waals surface area (Å²) in [5.41, 5.74) is 0.685. The Morgan fingerprint density at radius 1 is 1.25 bits per heavy atom. The molecule has 2 aromatic carbocycles. The van der Waals surface area contributed by atoms with Crippen molar-refractivity contribution in [1.82, 2.24) is 5.32 Å². The second-order valence-corrected chi connectivity index (χ2v) is 6.24. The van der Waals surface area contributed by atoms with Crippen molar-refractivity contribution in [2.75, 3.05) is 25.2 Å². The van der Waals surface area contributed by atoms with Gasteiger partial charge in [0.15, 0.2) is 5.11 Å². The summed E-state index contributed by atoms with van der Waals surface area (Å²) < 4.78 is 5.24. The van der Waals surface area contributed by atoms with E-state index in [0.717, 1.165) is 5.69 Å². The molecule has 0 saturated carbocycles. The average Bonchev–Trinajstić information content (AvgIpc) is 2.71. The molecular weight excluding hydrogens is 382 g/mol. The molecule has 0 fully saturated rings. The SMILES string of the molecule is COc1cccc(N(CCCCO)C(=S)NC(=O)c2cccc([N+](=O)[O-])c2)c1. The molecule has 28 heavy (non-hydrogen) atoms. The minimum Gasteiger partial charge on any atom is -0.497 e. The Bertz CT molecular complexity index is 859. The van der Waals surface area contributed by atoms with Crippen molar-refractivity contribution in [3.8, 4) is 5.75 Å². The summed E-state index contributed by atoms with van der Waals surface area (Å²) in [4.78, 5) is 24.6. The van der Waals surface area contributed by atoms with Crippen molar-refractivity contribution in [3.05, 3.63) is 64.2 Å². The van der Waals surface area contributed by atoms with Gasteiger partial charge in [-0.05, 0) is 43.3 Å². The van der Waals surface area contributed by atoms with Gasteiger partial charge in [-0.2, -0.15) is 0 Å². The lowest BCUT2D eigenvalue weighted by atomic mass is 10.2. The Labute approximate surface area is 167 Å². The Hall–Kier alpha value is -3.04. The molecule has 2 aromatic rings. The van der Waals surface area contributed by atoms with E-state index in [1.807, 2.05) is 6.07 Å². The molecule has 0 aromatic heterocycles. The van der Waals surface area contributed by atoms with E-state index in [4.69, 9.17) is 22.1 Å². The van der Waals surface area contributed by atoms with Gasteiger partial charge in [0.05, 0.1) is 12.0 Å². The van der Waals surface area contributed by atoms with Crippen LogP contribution in [-0.2, 0) is 0 Å². The number of rotatable bonds is 8. The lowest BCUT2D eigenvalue weighted by Gasteiger charge is -2.26. The minimum absolute atomic E-state index is 0.0543. The summed E-state index contributed by atoms with van der Waals surface area (Å²) in [6.07, 6.45) is 1.24. The Morgan fingerprint density at radius 3 is 2.68 bits per heavy atom. The van der Waals surface area contributed by atoms with E-state index in [2.05, 4.69) is 5.32 Å². The number of nitro groups is 1. The first kappa shape index (κ1) is 21.3. The van der Waals surface area contributed by atoms with E-state index in [1.165, 1.54) is 24.3 Å². The van der Waals surface area contributed by atoms with E-state index >= 15 is 0 Å². The first-order chi connectivity index (χ1) is 13.5. The van der Waals surface area contributed by atoms with E-state index in [0.29, 0.717) is 25.1 Å². The molecule has 0 heterocycles. The number of unbranched alkanes of at least 4 members (excludes halogenated alkanes) is 1. The van der Waals surface area contributed by atoms with Gasteiger partial charge in [0.2, 0.25) is 0 Å². The molecule has 0 aliphatic heterocycles. The molecule has 0 aliphatic rings. The summed E-state index contributed by atoms with van der Waals surface area (Å²) in [6.45, 7) is 0.528. The number of non-ortho nitro benzene ring substituents is 1. The Morgan fingerprint density at radius 2 is 2.00 bits per heavy atom. The molecular formula is C19H21N3O5S. The standard InChI is InChI=1S/C19H21N3O5S/c1-27-17-9-5-7-15(13-17)21(10-2-3-11-23)19(28)20-18(24)14-6-4-8-16(12-14)22(25)26/h4-9,12-13,23H,2-3,10-11H2,1H3,(H,20,24,28). The van der Waals surface area contributed by atoms with Crippen molar-refractivity contribution in [3.63, 3.8) is 0 Å². The summed E-state index contributed by atoms with van der Waals surface area (Å²) in [6, 6.07) is 12.6. The van der Waals surface area contributed by atoms with Crippen molar-refractivity contribution < 1.29 is 19.6 Å². The summed E-state index contributed by atoms with van der Waals surface area (Å²) >= 11 is 5.40. The Balaban J connectivity index is 2.20. The van der Waals surface area contributed by atoms with Gasteiger partial charge in [0, 0.05) is 42.6 Å². The van der Waals surface area contributed by atoms with Crippen LogP contribution in [0.4, 0.5) is 11.4 Å². The quantitative estimate of drug-likeness (QED) is 0.302. The number of carbonyl (C=O) groups is 1. The van der Waals surface area contributed by atoms with Gasteiger partial charge >= 0.3 is 0 Å². The van der Waals surface area contributed by atoms with Crippen LogP contribution in [0.2, 0.25) is 0 Å². The Kier molecular flexibility index (Phi) is 7.85.